The molecular weight excluding hydrogens is 278 g/mol. The summed E-state index contributed by atoms with van der Waals surface area (Å²) in [6, 6.07) is 11.5. The van der Waals surface area contributed by atoms with E-state index in [1.165, 1.54) is 0 Å². The van der Waals surface area contributed by atoms with E-state index in [4.69, 9.17) is 9.83 Å². The van der Waals surface area contributed by atoms with Gasteiger partial charge < -0.3 is 18.7 Å². The topological polar surface area (TPSA) is 67.1 Å². The number of para-hydroxylation sites is 2. The predicted octanol–water partition coefficient (Wildman–Crippen LogP) is 3.05. The van der Waals surface area contributed by atoms with E-state index in [2.05, 4.69) is 6.92 Å². The van der Waals surface area contributed by atoms with Crippen LogP contribution < -0.4 is 5.62 Å². The Morgan fingerprint density at radius 2 is 1.86 bits per heavy atom. The number of aliphatic hydroxyl groups is 1. The number of aromatic nitrogens is 2. The molecule has 0 fully saturated rings. The largest absolute Gasteiger partial charge is 0.467 e. The number of nitrogens with one attached hydrogen (secondary N) is 1. The molecule has 116 valence electrons. The summed E-state index contributed by atoms with van der Waals surface area (Å²) in [5, 5.41) is 18.8. The molecule has 2 aromatic heterocycles. The molecule has 1 atom stereocenters. The first-order valence-electron chi connectivity index (χ1n) is 7.66. The summed E-state index contributed by atoms with van der Waals surface area (Å²) in [5.74, 6) is 0.525. The molecule has 2 heterocycles. The van der Waals surface area contributed by atoms with Gasteiger partial charge in [0, 0.05) is 6.54 Å². The van der Waals surface area contributed by atoms with E-state index in [-0.39, 0.29) is 0 Å². The van der Waals surface area contributed by atoms with Crippen LogP contribution in [0.4, 0.5) is 0 Å². The lowest BCUT2D eigenvalue weighted by molar-refractivity contribution is 0.129. The molecule has 3 rings (SSSR count). The molecule has 0 spiro atoms. The average Bonchev–Trinajstić information content (AvgIpc) is 3.14. The second kappa shape index (κ2) is 6.23. The number of rotatable bonds is 6. The molecule has 0 aliphatic carbocycles. The number of aryl methyl sites for hydroxylation is 1. The predicted molar refractivity (Wildman–Crippen MR) is 84.4 cm³/mol. The van der Waals surface area contributed by atoms with Crippen molar-refractivity contribution in [3.8, 4) is 0 Å². The van der Waals surface area contributed by atoms with Crippen LogP contribution in [0.3, 0.4) is 0 Å². The summed E-state index contributed by atoms with van der Waals surface area (Å²) in [6.07, 6.45) is 2.91. The second-order valence-corrected chi connectivity index (χ2v) is 5.46. The Morgan fingerprint density at radius 1 is 1.14 bits per heavy atom. The van der Waals surface area contributed by atoms with Crippen LogP contribution in [-0.4, -0.2) is 14.2 Å². The molecule has 5 heteroatoms. The fourth-order valence-corrected chi connectivity index (χ4v) is 2.77. The van der Waals surface area contributed by atoms with Gasteiger partial charge in [0.2, 0.25) is 5.62 Å². The standard InChI is InChI=1S/C17H21N3O2/c1-2-3-10-19-13-7-4-5-8-14(13)20(17(19)18)12-15(21)16-9-6-11-22-16/h4-9,11,15,18,21H,2-3,10,12H2,1H3/t15-/m0/s1. The first kappa shape index (κ1) is 14.7. The molecule has 0 aliphatic rings. The molecule has 5 nitrogen and oxygen atoms in total. The first-order valence-corrected chi connectivity index (χ1v) is 7.66. The van der Waals surface area contributed by atoms with E-state index in [0.717, 1.165) is 30.4 Å². The van der Waals surface area contributed by atoms with Crippen molar-refractivity contribution in [3.05, 3.63) is 54.0 Å². The van der Waals surface area contributed by atoms with Crippen molar-refractivity contribution in [1.82, 2.24) is 9.13 Å². The Morgan fingerprint density at radius 3 is 2.50 bits per heavy atom. The molecule has 0 aliphatic heterocycles. The summed E-state index contributed by atoms with van der Waals surface area (Å²) in [7, 11) is 0. The fraction of sp³-hybridized carbons (Fsp3) is 0.353. The Hall–Kier alpha value is -2.27. The van der Waals surface area contributed by atoms with Gasteiger partial charge in [-0.15, -0.1) is 0 Å². The number of furan rings is 1. The lowest BCUT2D eigenvalue weighted by atomic mass is 10.2. The Labute approximate surface area is 128 Å². The van der Waals surface area contributed by atoms with Gasteiger partial charge in [0.15, 0.2) is 0 Å². The third-order valence-electron chi connectivity index (χ3n) is 3.94. The van der Waals surface area contributed by atoms with Crippen molar-refractivity contribution >= 4 is 11.0 Å². The number of fused-ring (bicyclic) bond motifs is 1. The second-order valence-electron chi connectivity index (χ2n) is 5.46. The summed E-state index contributed by atoms with van der Waals surface area (Å²) in [5.41, 5.74) is 2.42. The molecule has 0 saturated heterocycles. The maximum Gasteiger partial charge on any atom is 0.203 e. The summed E-state index contributed by atoms with van der Waals surface area (Å²) in [6.45, 7) is 3.27. The molecule has 22 heavy (non-hydrogen) atoms. The van der Waals surface area contributed by atoms with Gasteiger partial charge in [-0.1, -0.05) is 25.5 Å². The minimum absolute atomic E-state index is 0.311. The van der Waals surface area contributed by atoms with Gasteiger partial charge in [-0.2, -0.15) is 0 Å². The Kier molecular flexibility index (Phi) is 4.15. The third-order valence-corrected chi connectivity index (χ3v) is 3.94. The summed E-state index contributed by atoms with van der Waals surface area (Å²) >= 11 is 0. The van der Waals surface area contributed by atoms with E-state index in [0.29, 0.717) is 17.9 Å². The van der Waals surface area contributed by atoms with Gasteiger partial charge in [-0.3, -0.25) is 5.41 Å². The molecule has 3 aromatic rings. The smallest absolute Gasteiger partial charge is 0.203 e. The van der Waals surface area contributed by atoms with E-state index in [9.17, 15) is 5.11 Å². The molecular formula is C17H21N3O2. The third kappa shape index (κ3) is 2.60. The fourth-order valence-electron chi connectivity index (χ4n) is 2.77. The van der Waals surface area contributed by atoms with Crippen molar-refractivity contribution in [1.29, 1.82) is 5.41 Å². The highest BCUT2D eigenvalue weighted by Crippen LogP contribution is 2.19. The van der Waals surface area contributed by atoms with E-state index in [1.54, 1.807) is 18.4 Å². The van der Waals surface area contributed by atoms with E-state index >= 15 is 0 Å². The molecule has 0 amide bonds. The highest BCUT2D eigenvalue weighted by Gasteiger charge is 2.16. The first-order chi connectivity index (χ1) is 10.7. The van der Waals surface area contributed by atoms with Crippen LogP contribution in [0, 0.1) is 5.41 Å². The SMILES string of the molecule is CCCCn1c(=N)n(C[C@H](O)c2ccco2)c2ccccc21. The van der Waals surface area contributed by atoms with Crippen molar-refractivity contribution in [2.75, 3.05) is 0 Å². The van der Waals surface area contributed by atoms with Crippen LogP contribution in [0.1, 0.15) is 31.6 Å². The maximum atomic E-state index is 10.3. The maximum absolute atomic E-state index is 10.3. The number of aliphatic hydroxyl groups excluding tert-OH is 1. The van der Waals surface area contributed by atoms with Crippen LogP contribution in [0.5, 0.6) is 0 Å². The van der Waals surface area contributed by atoms with Gasteiger partial charge in [-0.05, 0) is 30.7 Å². The zero-order chi connectivity index (χ0) is 15.5. The number of imidazole rings is 1. The van der Waals surface area contributed by atoms with Crippen molar-refractivity contribution in [2.24, 2.45) is 0 Å². The minimum atomic E-state index is -0.755. The van der Waals surface area contributed by atoms with Gasteiger partial charge >= 0.3 is 0 Å². The van der Waals surface area contributed by atoms with E-state index < -0.39 is 6.10 Å². The van der Waals surface area contributed by atoms with Gasteiger partial charge in [0.25, 0.3) is 0 Å². The van der Waals surface area contributed by atoms with Gasteiger partial charge in [0.1, 0.15) is 11.9 Å². The molecule has 0 saturated carbocycles. The highest BCUT2D eigenvalue weighted by atomic mass is 16.4. The van der Waals surface area contributed by atoms with Crippen molar-refractivity contribution in [2.45, 2.75) is 39.0 Å². The Balaban J connectivity index is 2.02. The van der Waals surface area contributed by atoms with Crippen molar-refractivity contribution < 1.29 is 9.52 Å². The monoisotopic (exact) mass is 299 g/mol. The average molecular weight is 299 g/mol. The number of unbranched alkanes of at least 4 members (excludes halogenated alkanes) is 1. The summed E-state index contributed by atoms with van der Waals surface area (Å²) in [4.78, 5) is 0. The number of hydrogen-bond donors (Lipinski definition) is 2. The summed E-state index contributed by atoms with van der Waals surface area (Å²) < 4.78 is 9.11. The van der Waals surface area contributed by atoms with E-state index in [1.807, 2.05) is 33.4 Å². The lowest BCUT2D eigenvalue weighted by Crippen LogP contribution is -2.26. The van der Waals surface area contributed by atoms with Crippen LogP contribution in [0.2, 0.25) is 0 Å². The molecule has 0 unspecified atom stereocenters. The molecule has 0 bridgehead atoms. The molecule has 1 aromatic carbocycles. The van der Waals surface area contributed by atoms with Crippen LogP contribution in [-0.2, 0) is 13.1 Å². The van der Waals surface area contributed by atoms with Crippen molar-refractivity contribution in [3.63, 3.8) is 0 Å². The Bertz CT molecular complexity index is 799. The number of hydrogen-bond acceptors (Lipinski definition) is 3. The molecule has 0 radical (unpaired) electrons. The molecule has 2 N–H and O–H groups in total. The number of benzene rings is 1. The quantitative estimate of drug-likeness (QED) is 0.734. The normalized spacial score (nSPS) is 12.8. The van der Waals surface area contributed by atoms with Gasteiger partial charge in [-0.25, -0.2) is 0 Å². The van der Waals surface area contributed by atoms with Crippen LogP contribution in [0.15, 0.2) is 47.1 Å². The number of nitrogens with zero attached hydrogens (tertiary/aromatic N) is 2. The lowest BCUT2D eigenvalue weighted by Gasteiger charge is -2.09. The van der Waals surface area contributed by atoms with Gasteiger partial charge in [0.05, 0.1) is 23.8 Å². The zero-order valence-electron chi connectivity index (χ0n) is 12.7. The van der Waals surface area contributed by atoms with Crippen LogP contribution in [0.25, 0.3) is 11.0 Å². The zero-order valence-corrected chi connectivity index (χ0v) is 12.7. The minimum Gasteiger partial charge on any atom is -0.467 e. The van der Waals surface area contributed by atoms with Crippen LogP contribution >= 0.6 is 0 Å². The highest BCUT2D eigenvalue weighted by molar-refractivity contribution is 5.75.